The van der Waals surface area contributed by atoms with Crippen LogP contribution < -0.4 is 0 Å². The Morgan fingerprint density at radius 1 is 1.50 bits per heavy atom. The fourth-order valence-electron chi connectivity index (χ4n) is 1.15. The van der Waals surface area contributed by atoms with Crippen LogP contribution in [0.15, 0.2) is 0 Å². The summed E-state index contributed by atoms with van der Waals surface area (Å²) in [6, 6.07) is 0.347. The highest BCUT2D eigenvalue weighted by Crippen LogP contribution is 2.07. The van der Waals surface area contributed by atoms with Gasteiger partial charge in [-0.2, -0.15) is 0 Å². The number of nitrogens with one attached hydrogen (secondary N) is 1. The van der Waals surface area contributed by atoms with E-state index in [1.54, 1.807) is 0 Å². The van der Waals surface area contributed by atoms with Crippen molar-refractivity contribution in [2.24, 2.45) is 0 Å². The number of likely N-dealkylation sites (tertiary alicyclic amines) is 1. The molecule has 0 amide bonds. The van der Waals surface area contributed by atoms with Crippen molar-refractivity contribution >= 4 is 6.02 Å². The van der Waals surface area contributed by atoms with Crippen molar-refractivity contribution < 1.29 is 4.74 Å². The number of hydrogen-bond donors (Lipinski definition) is 1. The molecule has 0 aromatic heterocycles. The zero-order valence-corrected chi connectivity index (χ0v) is 6.39. The molecule has 0 atom stereocenters. The SMILES string of the molecule is CCOC(=N)N1CCCC1. The molecular formula is C7H14N2O. The van der Waals surface area contributed by atoms with E-state index in [9.17, 15) is 0 Å². The van der Waals surface area contributed by atoms with Crippen molar-refractivity contribution in [1.82, 2.24) is 4.90 Å². The summed E-state index contributed by atoms with van der Waals surface area (Å²) in [5, 5.41) is 7.39. The molecule has 1 aliphatic heterocycles. The first-order valence-electron chi connectivity index (χ1n) is 3.81. The summed E-state index contributed by atoms with van der Waals surface area (Å²) >= 11 is 0. The van der Waals surface area contributed by atoms with Crippen molar-refractivity contribution in [3.63, 3.8) is 0 Å². The second kappa shape index (κ2) is 3.44. The molecule has 0 radical (unpaired) electrons. The fourth-order valence-corrected chi connectivity index (χ4v) is 1.15. The van der Waals surface area contributed by atoms with Gasteiger partial charge in [0.25, 0.3) is 6.02 Å². The van der Waals surface area contributed by atoms with E-state index in [2.05, 4.69) is 0 Å². The number of ether oxygens (including phenoxy) is 1. The van der Waals surface area contributed by atoms with Crippen LogP contribution in [-0.2, 0) is 4.74 Å². The first-order valence-corrected chi connectivity index (χ1v) is 3.81. The van der Waals surface area contributed by atoms with Gasteiger partial charge in [0.1, 0.15) is 0 Å². The summed E-state index contributed by atoms with van der Waals surface area (Å²) < 4.78 is 5.04. The average Bonchev–Trinajstić information content (AvgIpc) is 2.38. The molecule has 10 heavy (non-hydrogen) atoms. The minimum atomic E-state index is 0.347. The van der Waals surface area contributed by atoms with E-state index in [1.165, 1.54) is 12.8 Å². The standard InChI is InChI=1S/C7H14N2O/c1-2-10-7(8)9-5-3-4-6-9/h8H,2-6H2,1H3. The first kappa shape index (κ1) is 7.38. The van der Waals surface area contributed by atoms with Crippen LogP contribution >= 0.6 is 0 Å². The quantitative estimate of drug-likeness (QED) is 0.439. The molecule has 1 aliphatic rings. The Labute approximate surface area is 61.5 Å². The highest BCUT2D eigenvalue weighted by molar-refractivity contribution is 5.70. The third-order valence-electron chi connectivity index (χ3n) is 1.67. The van der Waals surface area contributed by atoms with Crippen LogP contribution in [0.4, 0.5) is 0 Å². The minimum absolute atomic E-state index is 0.347. The lowest BCUT2D eigenvalue weighted by molar-refractivity contribution is 0.257. The summed E-state index contributed by atoms with van der Waals surface area (Å²) in [7, 11) is 0. The average molecular weight is 142 g/mol. The summed E-state index contributed by atoms with van der Waals surface area (Å²) in [6.45, 7) is 4.51. The van der Waals surface area contributed by atoms with Gasteiger partial charge in [0.2, 0.25) is 0 Å². The lowest BCUT2D eigenvalue weighted by Gasteiger charge is -2.16. The Bertz CT molecular complexity index is 119. The van der Waals surface area contributed by atoms with E-state index in [0.29, 0.717) is 12.6 Å². The maximum Gasteiger partial charge on any atom is 0.284 e. The minimum Gasteiger partial charge on any atom is -0.466 e. The van der Waals surface area contributed by atoms with Crippen LogP contribution in [0.5, 0.6) is 0 Å². The Hall–Kier alpha value is -0.730. The Balaban J connectivity index is 2.25. The Morgan fingerprint density at radius 2 is 2.10 bits per heavy atom. The molecule has 0 saturated carbocycles. The second-order valence-corrected chi connectivity index (χ2v) is 2.43. The largest absolute Gasteiger partial charge is 0.466 e. The molecule has 0 bridgehead atoms. The second-order valence-electron chi connectivity index (χ2n) is 2.43. The van der Waals surface area contributed by atoms with Crippen molar-refractivity contribution in [3.05, 3.63) is 0 Å². The van der Waals surface area contributed by atoms with Gasteiger partial charge in [-0.15, -0.1) is 0 Å². The molecule has 3 nitrogen and oxygen atoms in total. The third kappa shape index (κ3) is 1.62. The van der Waals surface area contributed by atoms with E-state index >= 15 is 0 Å². The number of rotatable bonds is 1. The fraction of sp³-hybridized carbons (Fsp3) is 0.857. The van der Waals surface area contributed by atoms with Crippen molar-refractivity contribution in [3.8, 4) is 0 Å². The topological polar surface area (TPSA) is 36.3 Å². The van der Waals surface area contributed by atoms with Crippen LogP contribution in [-0.4, -0.2) is 30.6 Å². The van der Waals surface area contributed by atoms with Crippen LogP contribution in [0.25, 0.3) is 0 Å². The molecule has 0 unspecified atom stereocenters. The van der Waals surface area contributed by atoms with Gasteiger partial charge in [0.05, 0.1) is 6.61 Å². The van der Waals surface area contributed by atoms with Gasteiger partial charge >= 0.3 is 0 Å². The number of hydrogen-bond acceptors (Lipinski definition) is 2. The predicted octanol–water partition coefficient (Wildman–Crippen LogP) is 1.05. The molecule has 1 heterocycles. The maximum atomic E-state index is 7.39. The molecule has 0 aliphatic carbocycles. The smallest absolute Gasteiger partial charge is 0.284 e. The third-order valence-corrected chi connectivity index (χ3v) is 1.67. The lowest BCUT2D eigenvalue weighted by Crippen LogP contribution is -2.28. The van der Waals surface area contributed by atoms with E-state index in [4.69, 9.17) is 10.1 Å². The molecule has 1 rings (SSSR count). The van der Waals surface area contributed by atoms with Crippen LogP contribution in [0.1, 0.15) is 19.8 Å². The van der Waals surface area contributed by atoms with Gasteiger partial charge < -0.3 is 9.64 Å². The van der Waals surface area contributed by atoms with Crippen LogP contribution in [0, 0.1) is 5.41 Å². The Kier molecular flexibility index (Phi) is 2.54. The first-order chi connectivity index (χ1) is 4.84. The molecule has 0 aromatic carbocycles. The van der Waals surface area contributed by atoms with Gasteiger partial charge in [-0.1, -0.05) is 0 Å². The molecule has 0 spiro atoms. The lowest BCUT2D eigenvalue weighted by atomic mass is 10.4. The molecule has 1 saturated heterocycles. The zero-order chi connectivity index (χ0) is 7.40. The van der Waals surface area contributed by atoms with Gasteiger partial charge in [-0.25, -0.2) is 0 Å². The maximum absolute atomic E-state index is 7.39. The number of amidine groups is 1. The molecule has 3 heteroatoms. The summed E-state index contributed by atoms with van der Waals surface area (Å²) in [5.74, 6) is 0. The summed E-state index contributed by atoms with van der Waals surface area (Å²) in [4.78, 5) is 1.98. The van der Waals surface area contributed by atoms with Gasteiger partial charge in [0.15, 0.2) is 0 Å². The zero-order valence-electron chi connectivity index (χ0n) is 6.39. The number of nitrogens with zero attached hydrogens (tertiary/aromatic N) is 1. The summed E-state index contributed by atoms with van der Waals surface area (Å²) in [6.07, 6.45) is 2.41. The van der Waals surface area contributed by atoms with Crippen LogP contribution in [0.3, 0.4) is 0 Å². The van der Waals surface area contributed by atoms with Gasteiger partial charge in [0, 0.05) is 13.1 Å². The van der Waals surface area contributed by atoms with Crippen molar-refractivity contribution in [2.45, 2.75) is 19.8 Å². The summed E-state index contributed by atoms with van der Waals surface area (Å²) in [5.41, 5.74) is 0. The molecule has 58 valence electrons. The highest BCUT2D eigenvalue weighted by atomic mass is 16.5. The van der Waals surface area contributed by atoms with Crippen LogP contribution in [0.2, 0.25) is 0 Å². The van der Waals surface area contributed by atoms with Crippen molar-refractivity contribution in [1.29, 1.82) is 5.41 Å². The van der Waals surface area contributed by atoms with Gasteiger partial charge in [-0.05, 0) is 19.8 Å². The van der Waals surface area contributed by atoms with Crippen molar-refractivity contribution in [2.75, 3.05) is 19.7 Å². The highest BCUT2D eigenvalue weighted by Gasteiger charge is 2.14. The Morgan fingerprint density at radius 3 is 2.60 bits per heavy atom. The normalized spacial score (nSPS) is 17.5. The predicted molar refractivity (Wildman–Crippen MR) is 40.2 cm³/mol. The van der Waals surface area contributed by atoms with E-state index in [1.807, 2.05) is 11.8 Å². The van der Waals surface area contributed by atoms with E-state index < -0.39 is 0 Å². The van der Waals surface area contributed by atoms with Gasteiger partial charge in [-0.3, -0.25) is 5.41 Å². The van der Waals surface area contributed by atoms with E-state index in [0.717, 1.165) is 13.1 Å². The molecule has 1 N–H and O–H groups in total. The molecular weight excluding hydrogens is 128 g/mol. The molecule has 0 aromatic rings. The monoisotopic (exact) mass is 142 g/mol. The van der Waals surface area contributed by atoms with E-state index in [-0.39, 0.29) is 0 Å². The molecule has 1 fully saturated rings.